The SMILES string of the molecule is CCOC[SiH](COCC)c1c(C)cccc1C. The molecule has 0 aliphatic carbocycles. The van der Waals surface area contributed by atoms with E-state index in [1.807, 2.05) is 0 Å². The third kappa shape index (κ3) is 4.26. The highest BCUT2D eigenvalue weighted by molar-refractivity contribution is 6.74. The second kappa shape index (κ2) is 7.64. The fourth-order valence-electron chi connectivity index (χ4n) is 2.21. The van der Waals surface area contributed by atoms with Crippen LogP contribution in [0.3, 0.4) is 0 Å². The summed E-state index contributed by atoms with van der Waals surface area (Å²) in [5, 5.41) is 1.52. The molecule has 0 unspecified atom stereocenters. The van der Waals surface area contributed by atoms with Gasteiger partial charge in [-0.05, 0) is 27.7 Å². The molecule has 1 aromatic rings. The molecule has 2 nitrogen and oxygen atoms in total. The topological polar surface area (TPSA) is 18.5 Å². The van der Waals surface area contributed by atoms with Gasteiger partial charge in [0.15, 0.2) is 0 Å². The smallest absolute Gasteiger partial charge is 0.129 e. The lowest BCUT2D eigenvalue weighted by Gasteiger charge is -2.20. The van der Waals surface area contributed by atoms with Gasteiger partial charge in [0, 0.05) is 25.7 Å². The first-order valence-corrected chi connectivity index (χ1v) is 8.63. The largest absolute Gasteiger partial charge is 0.385 e. The third-order valence-electron chi connectivity index (χ3n) is 3.00. The van der Waals surface area contributed by atoms with E-state index in [1.165, 1.54) is 16.3 Å². The summed E-state index contributed by atoms with van der Waals surface area (Å²) in [6.45, 7) is 10.1. The Morgan fingerprint density at radius 2 is 1.41 bits per heavy atom. The molecule has 0 saturated heterocycles. The summed E-state index contributed by atoms with van der Waals surface area (Å²) in [4.78, 5) is 0. The van der Waals surface area contributed by atoms with Crippen LogP contribution in [0.1, 0.15) is 25.0 Å². The van der Waals surface area contributed by atoms with Crippen LogP contribution in [0.25, 0.3) is 0 Å². The molecule has 0 heterocycles. The lowest BCUT2D eigenvalue weighted by molar-refractivity contribution is 0.169. The average Bonchev–Trinajstić information content (AvgIpc) is 2.31. The van der Waals surface area contributed by atoms with Gasteiger partial charge in [-0.15, -0.1) is 0 Å². The molecule has 0 atom stereocenters. The van der Waals surface area contributed by atoms with Gasteiger partial charge in [0.05, 0.1) is 0 Å². The van der Waals surface area contributed by atoms with Gasteiger partial charge in [0.1, 0.15) is 8.80 Å². The number of ether oxygens (including phenoxy) is 2. The van der Waals surface area contributed by atoms with Gasteiger partial charge in [-0.3, -0.25) is 0 Å². The summed E-state index contributed by atoms with van der Waals surface area (Å²) in [5.74, 6) is 0. The monoisotopic (exact) mass is 252 g/mol. The van der Waals surface area contributed by atoms with E-state index in [9.17, 15) is 0 Å². The zero-order chi connectivity index (χ0) is 12.7. The van der Waals surface area contributed by atoms with Crippen molar-refractivity contribution in [2.24, 2.45) is 0 Å². The number of rotatable bonds is 7. The average molecular weight is 252 g/mol. The molecule has 1 aromatic carbocycles. The van der Waals surface area contributed by atoms with Crippen LogP contribution in [0.5, 0.6) is 0 Å². The molecule has 3 heteroatoms. The Bertz CT molecular complexity index is 311. The van der Waals surface area contributed by atoms with Crippen molar-refractivity contribution in [3.05, 3.63) is 29.3 Å². The van der Waals surface area contributed by atoms with Gasteiger partial charge in [-0.2, -0.15) is 0 Å². The first-order chi connectivity index (χ1) is 8.20. The third-order valence-corrected chi connectivity index (χ3v) is 6.00. The highest BCUT2D eigenvalue weighted by atomic mass is 28.3. The van der Waals surface area contributed by atoms with Crippen molar-refractivity contribution in [3.63, 3.8) is 0 Å². The number of hydrogen-bond donors (Lipinski definition) is 0. The molecule has 0 radical (unpaired) electrons. The van der Waals surface area contributed by atoms with Crippen molar-refractivity contribution in [1.82, 2.24) is 0 Å². The molecule has 96 valence electrons. The molecule has 0 fully saturated rings. The number of hydrogen-bond acceptors (Lipinski definition) is 2. The zero-order valence-electron chi connectivity index (χ0n) is 11.5. The standard InChI is InChI=1S/C14H24O2Si/c1-5-15-10-17(11-16-6-2)14-12(3)8-7-9-13(14)4/h7-9,17H,5-6,10-11H2,1-4H3. The van der Waals surface area contributed by atoms with Gasteiger partial charge < -0.3 is 9.47 Å². The first-order valence-electron chi connectivity index (χ1n) is 6.42. The van der Waals surface area contributed by atoms with E-state index in [0.717, 1.165) is 25.7 Å². The Morgan fingerprint density at radius 3 is 1.82 bits per heavy atom. The first kappa shape index (κ1) is 14.4. The molecule has 0 saturated carbocycles. The molecule has 0 amide bonds. The summed E-state index contributed by atoms with van der Waals surface area (Å²) >= 11 is 0. The summed E-state index contributed by atoms with van der Waals surface area (Å²) in [6.07, 6.45) is 1.75. The van der Waals surface area contributed by atoms with E-state index in [0.29, 0.717) is 0 Å². The molecule has 17 heavy (non-hydrogen) atoms. The summed E-state index contributed by atoms with van der Waals surface area (Å²) < 4.78 is 11.3. The molecular formula is C14H24O2Si. The quantitative estimate of drug-likeness (QED) is 0.690. The fraction of sp³-hybridized carbons (Fsp3) is 0.571. The molecule has 1 rings (SSSR count). The molecule has 0 spiro atoms. The van der Waals surface area contributed by atoms with Crippen molar-refractivity contribution in [2.45, 2.75) is 27.7 Å². The summed E-state index contributed by atoms with van der Waals surface area (Å²) in [6, 6.07) is 6.52. The maximum Gasteiger partial charge on any atom is 0.129 e. The maximum atomic E-state index is 5.64. The highest BCUT2D eigenvalue weighted by Crippen LogP contribution is 2.03. The van der Waals surface area contributed by atoms with Crippen LogP contribution in [-0.4, -0.2) is 34.5 Å². The van der Waals surface area contributed by atoms with Crippen molar-refractivity contribution >= 4 is 14.0 Å². The minimum atomic E-state index is -1.15. The Kier molecular flexibility index (Phi) is 6.48. The van der Waals surface area contributed by atoms with Gasteiger partial charge >= 0.3 is 0 Å². The lowest BCUT2D eigenvalue weighted by Crippen LogP contribution is -2.43. The summed E-state index contributed by atoms with van der Waals surface area (Å²) in [7, 11) is -1.15. The van der Waals surface area contributed by atoms with Gasteiger partial charge in [0.2, 0.25) is 0 Å². The van der Waals surface area contributed by atoms with Crippen LogP contribution >= 0.6 is 0 Å². The van der Waals surface area contributed by atoms with Crippen molar-refractivity contribution in [2.75, 3.05) is 25.7 Å². The van der Waals surface area contributed by atoms with Crippen LogP contribution in [0.2, 0.25) is 0 Å². The van der Waals surface area contributed by atoms with Gasteiger partial charge in [0.25, 0.3) is 0 Å². The van der Waals surface area contributed by atoms with E-state index < -0.39 is 8.80 Å². The second-order valence-corrected chi connectivity index (χ2v) is 6.96. The van der Waals surface area contributed by atoms with Crippen molar-refractivity contribution in [3.8, 4) is 0 Å². The van der Waals surface area contributed by atoms with Crippen LogP contribution < -0.4 is 5.19 Å². The van der Waals surface area contributed by atoms with Crippen LogP contribution in [-0.2, 0) is 9.47 Å². The highest BCUT2D eigenvalue weighted by Gasteiger charge is 2.18. The van der Waals surface area contributed by atoms with E-state index in [-0.39, 0.29) is 0 Å². The van der Waals surface area contributed by atoms with Crippen LogP contribution in [0.4, 0.5) is 0 Å². The van der Waals surface area contributed by atoms with Crippen molar-refractivity contribution < 1.29 is 9.47 Å². The van der Waals surface area contributed by atoms with E-state index in [4.69, 9.17) is 9.47 Å². The molecule has 0 aliphatic rings. The Balaban J connectivity index is 2.86. The molecule has 0 aromatic heterocycles. The van der Waals surface area contributed by atoms with E-state index >= 15 is 0 Å². The predicted octanol–water partition coefficient (Wildman–Crippen LogP) is 1.89. The minimum Gasteiger partial charge on any atom is -0.385 e. The Morgan fingerprint density at radius 1 is 0.941 bits per heavy atom. The Labute approximate surface area is 107 Å². The van der Waals surface area contributed by atoms with Crippen LogP contribution in [0, 0.1) is 13.8 Å². The Hall–Kier alpha value is -0.643. The molecule has 0 N–H and O–H groups in total. The maximum absolute atomic E-state index is 5.64. The second-order valence-electron chi connectivity index (χ2n) is 4.32. The number of aryl methyl sites for hydroxylation is 2. The summed E-state index contributed by atoms with van der Waals surface area (Å²) in [5.41, 5.74) is 2.78. The number of benzene rings is 1. The lowest BCUT2D eigenvalue weighted by atomic mass is 10.2. The van der Waals surface area contributed by atoms with Gasteiger partial charge in [-0.25, -0.2) is 0 Å². The molecule has 0 aliphatic heterocycles. The van der Waals surface area contributed by atoms with Gasteiger partial charge in [-0.1, -0.05) is 34.5 Å². The van der Waals surface area contributed by atoms with Crippen LogP contribution in [0.15, 0.2) is 18.2 Å². The molecular weight excluding hydrogens is 228 g/mol. The van der Waals surface area contributed by atoms with E-state index in [2.05, 4.69) is 45.9 Å². The zero-order valence-corrected chi connectivity index (χ0v) is 12.6. The van der Waals surface area contributed by atoms with Crippen molar-refractivity contribution in [1.29, 1.82) is 0 Å². The van der Waals surface area contributed by atoms with E-state index in [1.54, 1.807) is 0 Å². The normalized spacial score (nSPS) is 11.1. The molecule has 0 bridgehead atoms. The fourth-order valence-corrected chi connectivity index (χ4v) is 5.16. The predicted molar refractivity (Wildman–Crippen MR) is 75.7 cm³/mol. The minimum absolute atomic E-state index is 0.792.